The number of carbonyl (C=O) groups is 1. The maximum atomic E-state index is 12.8. The number of rotatable bonds is 5. The summed E-state index contributed by atoms with van der Waals surface area (Å²) in [5, 5.41) is 9.36. The molecular formula is C21H22N4OS. The third-order valence-electron chi connectivity index (χ3n) is 4.87. The van der Waals surface area contributed by atoms with Gasteiger partial charge in [0.1, 0.15) is 5.82 Å². The number of fused-ring (bicyclic) bond motifs is 1. The smallest absolute Gasteiger partial charge is 0.237 e. The lowest BCUT2D eigenvalue weighted by Crippen LogP contribution is -2.36. The predicted molar refractivity (Wildman–Crippen MR) is 108 cm³/mol. The van der Waals surface area contributed by atoms with E-state index in [2.05, 4.69) is 28.4 Å². The molecule has 1 aliphatic heterocycles. The van der Waals surface area contributed by atoms with E-state index in [-0.39, 0.29) is 5.91 Å². The fourth-order valence-electron chi connectivity index (χ4n) is 3.40. The molecule has 6 heteroatoms. The van der Waals surface area contributed by atoms with Gasteiger partial charge in [0.15, 0.2) is 5.16 Å². The van der Waals surface area contributed by atoms with Gasteiger partial charge in [0.25, 0.3) is 0 Å². The zero-order valence-corrected chi connectivity index (χ0v) is 16.2. The summed E-state index contributed by atoms with van der Waals surface area (Å²) in [6, 6.07) is 18.4. The first-order chi connectivity index (χ1) is 13.2. The molecule has 2 aromatic carbocycles. The molecule has 0 N–H and O–H groups in total. The molecule has 1 aromatic heterocycles. The molecule has 1 amide bonds. The normalized spacial score (nSPS) is 13.4. The maximum absolute atomic E-state index is 12.8. The molecule has 2 heterocycles. The van der Waals surface area contributed by atoms with Crippen LogP contribution in [-0.4, -0.2) is 33.0 Å². The number of hydrogen-bond acceptors (Lipinski definition) is 4. The number of thioether (sulfide) groups is 1. The van der Waals surface area contributed by atoms with Crippen molar-refractivity contribution < 1.29 is 4.79 Å². The van der Waals surface area contributed by atoms with Crippen LogP contribution in [0.4, 0.5) is 5.69 Å². The molecule has 5 nitrogen and oxygen atoms in total. The molecule has 27 heavy (non-hydrogen) atoms. The second kappa shape index (κ2) is 7.96. The SMILES string of the molecule is Cn1c(Cc2ccccc2)nnc1SCC(=O)N1CCCc2ccccc21. The second-order valence-electron chi connectivity index (χ2n) is 6.69. The highest BCUT2D eigenvalue weighted by atomic mass is 32.2. The molecule has 0 bridgehead atoms. The Bertz CT molecular complexity index is 938. The molecule has 0 aliphatic carbocycles. The fraction of sp³-hybridized carbons (Fsp3) is 0.286. The quantitative estimate of drug-likeness (QED) is 0.638. The third kappa shape index (κ3) is 3.90. The Kier molecular flexibility index (Phi) is 5.25. The van der Waals surface area contributed by atoms with Crippen LogP contribution in [0.1, 0.15) is 23.4 Å². The Labute approximate surface area is 163 Å². The number of benzene rings is 2. The zero-order valence-electron chi connectivity index (χ0n) is 15.3. The molecule has 0 radical (unpaired) electrons. The van der Waals surface area contributed by atoms with E-state index >= 15 is 0 Å². The van der Waals surface area contributed by atoms with Gasteiger partial charge < -0.3 is 9.47 Å². The lowest BCUT2D eigenvalue weighted by Gasteiger charge is -2.29. The fourth-order valence-corrected chi connectivity index (χ4v) is 4.21. The van der Waals surface area contributed by atoms with Gasteiger partial charge in [0.2, 0.25) is 5.91 Å². The highest BCUT2D eigenvalue weighted by molar-refractivity contribution is 7.99. The summed E-state index contributed by atoms with van der Waals surface area (Å²) >= 11 is 1.45. The van der Waals surface area contributed by atoms with Crippen LogP contribution in [0.15, 0.2) is 59.8 Å². The highest BCUT2D eigenvalue weighted by Crippen LogP contribution is 2.28. The van der Waals surface area contributed by atoms with E-state index in [0.717, 1.165) is 42.5 Å². The Morgan fingerprint density at radius 2 is 1.85 bits per heavy atom. The van der Waals surface area contributed by atoms with E-state index in [9.17, 15) is 4.79 Å². The Hall–Kier alpha value is -2.60. The Morgan fingerprint density at radius 3 is 2.70 bits per heavy atom. The standard InChI is InChI=1S/C21H22N4OS/c1-24-19(14-16-8-3-2-4-9-16)22-23-21(24)27-15-20(26)25-13-7-11-17-10-5-6-12-18(17)25/h2-6,8-10,12H,7,11,13-15H2,1H3. The van der Waals surface area contributed by atoms with E-state index in [1.807, 2.05) is 52.9 Å². The van der Waals surface area contributed by atoms with Crippen molar-refractivity contribution in [3.05, 3.63) is 71.5 Å². The van der Waals surface area contributed by atoms with Crippen LogP contribution >= 0.6 is 11.8 Å². The van der Waals surface area contributed by atoms with Crippen LogP contribution in [0.5, 0.6) is 0 Å². The number of para-hydroxylation sites is 1. The summed E-state index contributed by atoms with van der Waals surface area (Å²) in [6.07, 6.45) is 2.79. The van der Waals surface area contributed by atoms with Gasteiger partial charge in [-0.3, -0.25) is 4.79 Å². The van der Waals surface area contributed by atoms with Gasteiger partial charge in [0, 0.05) is 25.7 Å². The van der Waals surface area contributed by atoms with Gasteiger partial charge in [-0.1, -0.05) is 60.3 Å². The number of hydrogen-bond donors (Lipinski definition) is 0. The summed E-state index contributed by atoms with van der Waals surface area (Å²) < 4.78 is 1.98. The van der Waals surface area contributed by atoms with Crippen LogP contribution in [0.2, 0.25) is 0 Å². The lowest BCUT2D eigenvalue weighted by atomic mass is 10.0. The van der Waals surface area contributed by atoms with Crippen molar-refractivity contribution >= 4 is 23.4 Å². The van der Waals surface area contributed by atoms with Crippen molar-refractivity contribution in [1.82, 2.24) is 14.8 Å². The van der Waals surface area contributed by atoms with Gasteiger partial charge >= 0.3 is 0 Å². The van der Waals surface area contributed by atoms with E-state index in [1.54, 1.807) is 0 Å². The number of aromatic nitrogens is 3. The van der Waals surface area contributed by atoms with Crippen LogP contribution in [0, 0.1) is 0 Å². The first-order valence-corrected chi connectivity index (χ1v) is 10.1. The van der Waals surface area contributed by atoms with E-state index in [0.29, 0.717) is 5.75 Å². The van der Waals surface area contributed by atoms with Crippen molar-refractivity contribution in [1.29, 1.82) is 0 Å². The first kappa shape index (κ1) is 17.8. The van der Waals surface area contributed by atoms with Crippen LogP contribution in [-0.2, 0) is 24.7 Å². The van der Waals surface area contributed by atoms with Gasteiger partial charge in [-0.15, -0.1) is 10.2 Å². The number of aryl methyl sites for hydroxylation is 1. The van der Waals surface area contributed by atoms with Crippen molar-refractivity contribution in [2.24, 2.45) is 7.05 Å². The van der Waals surface area contributed by atoms with Crippen LogP contribution < -0.4 is 4.90 Å². The molecule has 138 valence electrons. The summed E-state index contributed by atoms with van der Waals surface area (Å²) in [5.41, 5.74) is 3.51. The average Bonchev–Trinajstić information content (AvgIpc) is 3.06. The molecule has 0 atom stereocenters. The third-order valence-corrected chi connectivity index (χ3v) is 5.87. The van der Waals surface area contributed by atoms with Crippen molar-refractivity contribution in [3.8, 4) is 0 Å². The van der Waals surface area contributed by atoms with Crippen molar-refractivity contribution in [2.45, 2.75) is 24.4 Å². The molecule has 4 rings (SSSR count). The number of amides is 1. The van der Waals surface area contributed by atoms with E-state index in [4.69, 9.17) is 0 Å². The number of anilines is 1. The lowest BCUT2D eigenvalue weighted by molar-refractivity contribution is -0.116. The monoisotopic (exact) mass is 378 g/mol. The van der Waals surface area contributed by atoms with Crippen molar-refractivity contribution in [3.63, 3.8) is 0 Å². The minimum absolute atomic E-state index is 0.125. The average molecular weight is 379 g/mol. The summed E-state index contributed by atoms with van der Waals surface area (Å²) in [6.45, 7) is 0.786. The summed E-state index contributed by atoms with van der Waals surface area (Å²) in [5.74, 6) is 1.39. The predicted octanol–water partition coefficient (Wildman–Crippen LogP) is 3.48. The van der Waals surface area contributed by atoms with Crippen LogP contribution in [0.3, 0.4) is 0 Å². The molecule has 0 saturated heterocycles. The Morgan fingerprint density at radius 1 is 1.07 bits per heavy atom. The van der Waals surface area contributed by atoms with Gasteiger partial charge in [0.05, 0.1) is 5.75 Å². The van der Waals surface area contributed by atoms with E-state index < -0.39 is 0 Å². The molecule has 1 aliphatic rings. The largest absolute Gasteiger partial charge is 0.311 e. The maximum Gasteiger partial charge on any atom is 0.237 e. The minimum Gasteiger partial charge on any atom is -0.311 e. The Balaban J connectivity index is 1.42. The van der Waals surface area contributed by atoms with E-state index in [1.165, 1.54) is 22.9 Å². The highest BCUT2D eigenvalue weighted by Gasteiger charge is 2.22. The number of carbonyl (C=O) groups excluding carboxylic acids is 1. The van der Waals surface area contributed by atoms with Gasteiger partial charge in [-0.2, -0.15) is 0 Å². The molecule has 0 unspecified atom stereocenters. The van der Waals surface area contributed by atoms with Gasteiger partial charge in [-0.05, 0) is 30.0 Å². The topological polar surface area (TPSA) is 51.0 Å². The number of nitrogens with zero attached hydrogens (tertiary/aromatic N) is 4. The molecule has 0 spiro atoms. The molecule has 0 saturated carbocycles. The minimum atomic E-state index is 0.125. The molecule has 0 fully saturated rings. The molecule has 3 aromatic rings. The summed E-state index contributed by atoms with van der Waals surface area (Å²) in [7, 11) is 1.96. The summed E-state index contributed by atoms with van der Waals surface area (Å²) in [4.78, 5) is 14.7. The second-order valence-corrected chi connectivity index (χ2v) is 7.63. The zero-order chi connectivity index (χ0) is 18.6. The first-order valence-electron chi connectivity index (χ1n) is 9.15. The molecular weight excluding hydrogens is 356 g/mol. The van der Waals surface area contributed by atoms with Crippen molar-refractivity contribution in [2.75, 3.05) is 17.2 Å². The van der Waals surface area contributed by atoms with Crippen LogP contribution in [0.25, 0.3) is 0 Å². The van der Waals surface area contributed by atoms with Gasteiger partial charge in [-0.25, -0.2) is 0 Å².